The second-order valence-corrected chi connectivity index (χ2v) is 3.27. The van der Waals surface area contributed by atoms with E-state index in [4.69, 9.17) is 9.84 Å². The highest BCUT2D eigenvalue weighted by Gasteiger charge is 2.20. The molecular formula is C10H13N3O4. The summed E-state index contributed by atoms with van der Waals surface area (Å²) in [6.45, 7) is 0.253. The van der Waals surface area contributed by atoms with Crippen LogP contribution in [0.3, 0.4) is 0 Å². The lowest BCUT2D eigenvalue weighted by Crippen LogP contribution is -2.41. The van der Waals surface area contributed by atoms with Crippen LogP contribution in [0.5, 0.6) is 0 Å². The fourth-order valence-corrected chi connectivity index (χ4v) is 1.15. The Kier molecular flexibility index (Phi) is 5.02. The van der Waals surface area contributed by atoms with Crippen molar-refractivity contribution in [2.45, 2.75) is 12.5 Å². The molecule has 17 heavy (non-hydrogen) atoms. The quantitative estimate of drug-likeness (QED) is 0.706. The van der Waals surface area contributed by atoms with E-state index in [-0.39, 0.29) is 18.6 Å². The molecule has 0 fully saturated rings. The molecule has 0 aliphatic carbocycles. The number of ether oxygens (including phenoxy) is 1. The highest BCUT2D eigenvalue weighted by molar-refractivity contribution is 5.95. The molecule has 92 valence electrons. The van der Waals surface area contributed by atoms with Crippen molar-refractivity contribution < 1.29 is 19.4 Å². The van der Waals surface area contributed by atoms with E-state index in [9.17, 15) is 9.59 Å². The predicted molar refractivity (Wildman–Crippen MR) is 57.4 cm³/mol. The second kappa shape index (κ2) is 6.54. The Morgan fingerprint density at radius 2 is 2.12 bits per heavy atom. The van der Waals surface area contributed by atoms with Crippen LogP contribution in [0.1, 0.15) is 16.8 Å². The smallest absolute Gasteiger partial charge is 0.326 e. The number of aromatic nitrogens is 2. The first-order chi connectivity index (χ1) is 8.15. The predicted octanol–water partition coefficient (Wildman–Crippen LogP) is -0.304. The van der Waals surface area contributed by atoms with Gasteiger partial charge in [-0.2, -0.15) is 0 Å². The van der Waals surface area contributed by atoms with E-state index in [1.54, 1.807) is 0 Å². The molecule has 0 saturated carbocycles. The number of amides is 1. The van der Waals surface area contributed by atoms with E-state index < -0.39 is 17.9 Å². The largest absolute Gasteiger partial charge is 0.480 e. The zero-order chi connectivity index (χ0) is 12.7. The van der Waals surface area contributed by atoms with Crippen molar-refractivity contribution in [3.05, 3.63) is 24.3 Å². The zero-order valence-corrected chi connectivity index (χ0v) is 9.29. The van der Waals surface area contributed by atoms with Crippen molar-refractivity contribution in [1.82, 2.24) is 15.3 Å². The first-order valence-electron chi connectivity index (χ1n) is 4.92. The van der Waals surface area contributed by atoms with E-state index in [1.807, 2.05) is 0 Å². The summed E-state index contributed by atoms with van der Waals surface area (Å²) >= 11 is 0. The van der Waals surface area contributed by atoms with Crippen LogP contribution in [-0.2, 0) is 9.53 Å². The average molecular weight is 239 g/mol. The lowest BCUT2D eigenvalue weighted by molar-refractivity contribution is -0.139. The van der Waals surface area contributed by atoms with Gasteiger partial charge in [-0.25, -0.2) is 14.8 Å². The molecule has 1 aromatic rings. The number of nitrogens with one attached hydrogen (secondary N) is 1. The summed E-state index contributed by atoms with van der Waals surface area (Å²) in [5.41, 5.74) is 0.219. The first kappa shape index (κ1) is 13.0. The molecular weight excluding hydrogens is 226 g/mol. The number of carboxylic acids is 1. The lowest BCUT2D eigenvalue weighted by atomic mass is 10.2. The van der Waals surface area contributed by atoms with Crippen molar-refractivity contribution in [3.8, 4) is 0 Å². The van der Waals surface area contributed by atoms with Crippen molar-refractivity contribution in [2.24, 2.45) is 0 Å². The number of hydrogen-bond donors (Lipinski definition) is 2. The van der Waals surface area contributed by atoms with E-state index in [1.165, 1.54) is 25.8 Å². The van der Waals surface area contributed by atoms with Gasteiger partial charge in [0, 0.05) is 32.5 Å². The molecule has 2 N–H and O–H groups in total. The van der Waals surface area contributed by atoms with Gasteiger partial charge in [0.25, 0.3) is 5.91 Å². The molecule has 1 rings (SSSR count). The Balaban J connectivity index is 2.61. The van der Waals surface area contributed by atoms with Gasteiger partial charge < -0.3 is 15.2 Å². The number of nitrogens with zero attached hydrogens (tertiary/aromatic N) is 2. The summed E-state index contributed by atoms with van der Waals surface area (Å²) in [6, 6.07) is -0.984. The van der Waals surface area contributed by atoms with E-state index >= 15 is 0 Å². The summed E-state index contributed by atoms with van der Waals surface area (Å²) < 4.78 is 4.77. The van der Waals surface area contributed by atoms with Crippen LogP contribution in [0.4, 0.5) is 0 Å². The monoisotopic (exact) mass is 239 g/mol. The summed E-state index contributed by atoms with van der Waals surface area (Å²) in [5.74, 6) is -1.62. The van der Waals surface area contributed by atoms with Crippen LogP contribution in [0.15, 0.2) is 18.7 Å². The molecule has 1 atom stereocenters. The third-order valence-electron chi connectivity index (χ3n) is 2.04. The number of carbonyl (C=O) groups is 2. The third-order valence-corrected chi connectivity index (χ3v) is 2.04. The molecule has 0 aliphatic rings. The van der Waals surface area contributed by atoms with Gasteiger partial charge in [0.15, 0.2) is 0 Å². The standard InChI is InChI=1S/C10H13N3O4/c1-17-3-2-8(10(15)16)13-9(14)7-4-11-6-12-5-7/h4-6,8H,2-3H2,1H3,(H,13,14)(H,15,16). The van der Waals surface area contributed by atoms with Crippen LogP contribution in [0.25, 0.3) is 0 Å². The van der Waals surface area contributed by atoms with Crippen LogP contribution >= 0.6 is 0 Å². The minimum atomic E-state index is -1.10. The van der Waals surface area contributed by atoms with Crippen molar-refractivity contribution in [1.29, 1.82) is 0 Å². The van der Waals surface area contributed by atoms with Gasteiger partial charge >= 0.3 is 5.97 Å². The molecule has 1 unspecified atom stereocenters. The summed E-state index contributed by atoms with van der Waals surface area (Å²) in [4.78, 5) is 29.9. The SMILES string of the molecule is COCCC(NC(=O)c1cncnc1)C(=O)O. The minimum Gasteiger partial charge on any atom is -0.480 e. The molecule has 1 amide bonds. The van der Waals surface area contributed by atoms with Gasteiger partial charge in [-0.15, -0.1) is 0 Å². The Hall–Kier alpha value is -2.02. The van der Waals surface area contributed by atoms with Gasteiger partial charge in [-0.1, -0.05) is 0 Å². The normalized spacial score (nSPS) is 11.8. The number of carboxylic acid groups (broad SMARTS) is 1. The Morgan fingerprint density at radius 3 is 2.65 bits per heavy atom. The number of methoxy groups -OCH3 is 1. The topological polar surface area (TPSA) is 101 Å². The maximum Gasteiger partial charge on any atom is 0.326 e. The molecule has 0 aromatic carbocycles. The lowest BCUT2D eigenvalue weighted by Gasteiger charge is -2.13. The molecule has 1 heterocycles. The van der Waals surface area contributed by atoms with Crippen molar-refractivity contribution in [3.63, 3.8) is 0 Å². The first-order valence-corrected chi connectivity index (χ1v) is 4.92. The molecule has 0 aliphatic heterocycles. The Bertz CT molecular complexity index is 382. The van der Waals surface area contributed by atoms with E-state index in [0.717, 1.165) is 0 Å². The fraction of sp³-hybridized carbons (Fsp3) is 0.400. The second-order valence-electron chi connectivity index (χ2n) is 3.27. The summed E-state index contributed by atoms with van der Waals surface area (Å²) in [7, 11) is 1.46. The van der Waals surface area contributed by atoms with Crippen LogP contribution in [0, 0.1) is 0 Å². The van der Waals surface area contributed by atoms with Crippen molar-refractivity contribution in [2.75, 3.05) is 13.7 Å². The maximum atomic E-state index is 11.6. The fourth-order valence-electron chi connectivity index (χ4n) is 1.15. The highest BCUT2D eigenvalue weighted by Crippen LogP contribution is 1.98. The van der Waals surface area contributed by atoms with Gasteiger partial charge in [0.05, 0.1) is 5.56 Å². The summed E-state index contributed by atoms with van der Waals surface area (Å²) in [6.07, 6.45) is 4.12. The highest BCUT2D eigenvalue weighted by atomic mass is 16.5. The number of aliphatic carboxylic acids is 1. The minimum absolute atomic E-state index is 0.200. The van der Waals surface area contributed by atoms with Crippen LogP contribution in [0.2, 0.25) is 0 Å². The molecule has 0 spiro atoms. The average Bonchev–Trinajstić information content (AvgIpc) is 2.35. The van der Waals surface area contributed by atoms with E-state index in [0.29, 0.717) is 0 Å². The molecule has 7 heteroatoms. The van der Waals surface area contributed by atoms with Gasteiger partial charge in [0.2, 0.25) is 0 Å². The molecule has 1 aromatic heterocycles. The molecule has 0 radical (unpaired) electrons. The van der Waals surface area contributed by atoms with Gasteiger partial charge in [-0.05, 0) is 0 Å². The zero-order valence-electron chi connectivity index (χ0n) is 9.29. The molecule has 0 bridgehead atoms. The van der Waals surface area contributed by atoms with E-state index in [2.05, 4.69) is 15.3 Å². The summed E-state index contributed by atoms with van der Waals surface area (Å²) in [5, 5.41) is 11.3. The van der Waals surface area contributed by atoms with Crippen LogP contribution in [-0.4, -0.2) is 46.7 Å². The van der Waals surface area contributed by atoms with Gasteiger partial charge in [0.1, 0.15) is 12.4 Å². The Morgan fingerprint density at radius 1 is 1.47 bits per heavy atom. The maximum absolute atomic E-state index is 11.6. The molecule has 7 nitrogen and oxygen atoms in total. The Labute approximate surface area is 97.8 Å². The molecule has 0 saturated heterocycles. The number of hydrogen-bond acceptors (Lipinski definition) is 5. The number of rotatable bonds is 6. The van der Waals surface area contributed by atoms with Crippen molar-refractivity contribution >= 4 is 11.9 Å². The number of carbonyl (C=O) groups excluding carboxylic acids is 1. The van der Waals surface area contributed by atoms with Gasteiger partial charge in [-0.3, -0.25) is 4.79 Å². The van der Waals surface area contributed by atoms with Crippen LogP contribution < -0.4 is 5.32 Å². The third kappa shape index (κ3) is 4.15.